The Kier molecular flexibility index (Phi) is 3.66. The molecule has 0 N–H and O–H groups in total. The second-order valence-corrected chi connectivity index (χ2v) is 4.86. The first-order valence-corrected chi connectivity index (χ1v) is 6.16. The lowest BCUT2D eigenvalue weighted by molar-refractivity contribution is 0.101. The maximum atomic E-state index is 12.1. The van der Waals surface area contributed by atoms with Gasteiger partial charge in [-0.3, -0.25) is 4.79 Å². The second-order valence-electron chi connectivity index (χ2n) is 3.57. The highest BCUT2D eigenvalue weighted by atomic mass is 79.9. The predicted octanol–water partition coefficient (Wildman–Crippen LogP) is 3.98. The van der Waals surface area contributed by atoms with Gasteiger partial charge < -0.3 is 4.74 Å². The first-order valence-electron chi connectivity index (χ1n) is 4.99. The summed E-state index contributed by atoms with van der Waals surface area (Å²) in [7, 11) is 0. The van der Waals surface area contributed by atoms with Crippen molar-refractivity contribution in [3.05, 3.63) is 45.1 Å². The normalized spacial score (nSPS) is 15.2. The first-order chi connectivity index (χ1) is 7.68. The van der Waals surface area contributed by atoms with Crippen LogP contribution in [0.25, 0.3) is 0 Å². The monoisotopic (exact) mass is 300 g/mol. The van der Waals surface area contributed by atoms with Gasteiger partial charge in [-0.1, -0.05) is 27.5 Å². The van der Waals surface area contributed by atoms with Crippen LogP contribution in [0.15, 0.2) is 34.5 Å². The minimum absolute atomic E-state index is 0.0194. The molecule has 0 amide bonds. The standard InChI is InChI=1S/C12H10BrClO2/c13-11-4-3-9(14)6-10(11)12(15)8-2-1-5-16-7-8/h3-4,6-7H,1-2,5H2. The summed E-state index contributed by atoms with van der Waals surface area (Å²) in [5.41, 5.74) is 1.29. The number of halogens is 2. The molecule has 1 heterocycles. The van der Waals surface area contributed by atoms with Gasteiger partial charge in [-0.15, -0.1) is 0 Å². The molecule has 4 heteroatoms. The van der Waals surface area contributed by atoms with E-state index >= 15 is 0 Å². The first kappa shape index (κ1) is 11.7. The number of carbonyl (C=O) groups is 1. The Morgan fingerprint density at radius 2 is 2.25 bits per heavy atom. The highest BCUT2D eigenvalue weighted by Crippen LogP contribution is 2.26. The molecular weight excluding hydrogens is 291 g/mol. The molecule has 1 aliphatic rings. The van der Waals surface area contributed by atoms with Crippen molar-refractivity contribution in [2.75, 3.05) is 6.61 Å². The summed E-state index contributed by atoms with van der Waals surface area (Å²) in [6.45, 7) is 0.688. The molecule has 1 aromatic rings. The zero-order valence-corrected chi connectivity index (χ0v) is 10.8. The van der Waals surface area contributed by atoms with E-state index in [1.807, 2.05) is 0 Å². The summed E-state index contributed by atoms with van der Waals surface area (Å²) < 4.78 is 5.92. The van der Waals surface area contributed by atoms with Crippen LogP contribution in [0.2, 0.25) is 5.02 Å². The highest BCUT2D eigenvalue weighted by molar-refractivity contribution is 9.10. The summed E-state index contributed by atoms with van der Waals surface area (Å²) in [5.74, 6) is -0.0194. The molecule has 0 fully saturated rings. The van der Waals surface area contributed by atoms with E-state index in [-0.39, 0.29) is 5.78 Å². The van der Waals surface area contributed by atoms with Crippen LogP contribution in [-0.4, -0.2) is 12.4 Å². The number of Topliss-reactive ketones (excluding diaryl/α,β-unsaturated/α-hetero) is 1. The fourth-order valence-electron chi connectivity index (χ4n) is 1.58. The van der Waals surface area contributed by atoms with Crippen LogP contribution in [0.4, 0.5) is 0 Å². The van der Waals surface area contributed by atoms with E-state index in [9.17, 15) is 4.79 Å². The van der Waals surface area contributed by atoms with Crippen molar-refractivity contribution in [3.63, 3.8) is 0 Å². The highest BCUT2D eigenvalue weighted by Gasteiger charge is 2.17. The van der Waals surface area contributed by atoms with E-state index in [0.717, 1.165) is 17.3 Å². The molecule has 2 rings (SSSR count). The number of ether oxygens (including phenoxy) is 1. The van der Waals surface area contributed by atoms with Gasteiger partial charge in [0.15, 0.2) is 5.78 Å². The maximum Gasteiger partial charge on any atom is 0.193 e. The number of hydrogen-bond donors (Lipinski definition) is 0. The third-order valence-corrected chi connectivity index (χ3v) is 3.33. The van der Waals surface area contributed by atoms with Crippen molar-refractivity contribution in [1.82, 2.24) is 0 Å². The molecule has 16 heavy (non-hydrogen) atoms. The summed E-state index contributed by atoms with van der Waals surface area (Å²) in [5, 5.41) is 0.559. The molecule has 0 radical (unpaired) electrons. The molecule has 1 aromatic carbocycles. The summed E-state index contributed by atoms with van der Waals surface area (Å²) >= 11 is 9.23. The van der Waals surface area contributed by atoms with E-state index in [0.29, 0.717) is 22.8 Å². The van der Waals surface area contributed by atoms with Gasteiger partial charge in [0.25, 0.3) is 0 Å². The molecule has 0 saturated carbocycles. The lowest BCUT2D eigenvalue weighted by Gasteiger charge is -2.13. The zero-order chi connectivity index (χ0) is 11.5. The minimum atomic E-state index is -0.0194. The Labute approximate surface area is 107 Å². The molecule has 0 spiro atoms. The van der Waals surface area contributed by atoms with Crippen LogP contribution >= 0.6 is 27.5 Å². The summed E-state index contributed by atoms with van der Waals surface area (Å²) in [4.78, 5) is 12.1. The van der Waals surface area contributed by atoms with E-state index in [1.165, 1.54) is 0 Å². The van der Waals surface area contributed by atoms with Gasteiger partial charge in [0.05, 0.1) is 12.9 Å². The van der Waals surface area contributed by atoms with Crippen molar-refractivity contribution < 1.29 is 9.53 Å². The van der Waals surface area contributed by atoms with E-state index in [1.54, 1.807) is 24.5 Å². The van der Waals surface area contributed by atoms with Gasteiger partial charge >= 0.3 is 0 Å². The molecule has 0 atom stereocenters. The van der Waals surface area contributed by atoms with Crippen LogP contribution < -0.4 is 0 Å². The van der Waals surface area contributed by atoms with Gasteiger partial charge in [0.2, 0.25) is 0 Å². The van der Waals surface area contributed by atoms with Crippen LogP contribution in [-0.2, 0) is 4.74 Å². The van der Waals surface area contributed by atoms with Crippen molar-refractivity contribution in [2.45, 2.75) is 12.8 Å². The number of allylic oxidation sites excluding steroid dienone is 1. The number of carbonyl (C=O) groups excluding carboxylic acids is 1. The van der Waals surface area contributed by atoms with Gasteiger partial charge in [0, 0.05) is 20.6 Å². The quantitative estimate of drug-likeness (QED) is 0.772. The average Bonchev–Trinajstić information content (AvgIpc) is 2.32. The number of rotatable bonds is 2. The zero-order valence-electron chi connectivity index (χ0n) is 8.50. The third-order valence-electron chi connectivity index (χ3n) is 2.40. The van der Waals surface area contributed by atoms with Crippen molar-refractivity contribution in [2.24, 2.45) is 0 Å². The Hall–Kier alpha value is -0.800. The van der Waals surface area contributed by atoms with E-state index in [4.69, 9.17) is 16.3 Å². The Bertz CT molecular complexity index is 454. The number of benzene rings is 1. The fourth-order valence-corrected chi connectivity index (χ4v) is 2.17. The van der Waals surface area contributed by atoms with Gasteiger partial charge in [-0.2, -0.15) is 0 Å². The van der Waals surface area contributed by atoms with E-state index < -0.39 is 0 Å². The summed E-state index contributed by atoms with van der Waals surface area (Å²) in [6, 6.07) is 5.19. The van der Waals surface area contributed by atoms with Gasteiger partial charge in [0.1, 0.15) is 0 Å². The minimum Gasteiger partial charge on any atom is -0.501 e. The molecule has 0 saturated heterocycles. The molecule has 0 aromatic heterocycles. The van der Waals surface area contributed by atoms with E-state index in [2.05, 4.69) is 15.9 Å². The van der Waals surface area contributed by atoms with Crippen LogP contribution in [0.1, 0.15) is 23.2 Å². The Balaban J connectivity index is 2.33. The van der Waals surface area contributed by atoms with Crippen molar-refractivity contribution >= 4 is 33.3 Å². The molecular formula is C12H10BrClO2. The topological polar surface area (TPSA) is 26.3 Å². The van der Waals surface area contributed by atoms with Gasteiger partial charge in [-0.05, 0) is 31.0 Å². The summed E-state index contributed by atoms with van der Waals surface area (Å²) in [6.07, 6.45) is 3.20. The van der Waals surface area contributed by atoms with Crippen molar-refractivity contribution in [3.8, 4) is 0 Å². The Morgan fingerprint density at radius 3 is 2.94 bits per heavy atom. The maximum absolute atomic E-state index is 12.1. The lowest BCUT2D eigenvalue weighted by Crippen LogP contribution is -2.09. The third kappa shape index (κ3) is 2.47. The van der Waals surface area contributed by atoms with Gasteiger partial charge in [-0.25, -0.2) is 0 Å². The predicted molar refractivity (Wildman–Crippen MR) is 66.8 cm³/mol. The molecule has 84 valence electrons. The lowest BCUT2D eigenvalue weighted by atomic mass is 10.00. The smallest absolute Gasteiger partial charge is 0.193 e. The molecule has 0 unspecified atom stereocenters. The average molecular weight is 302 g/mol. The van der Waals surface area contributed by atoms with Crippen LogP contribution in [0.3, 0.4) is 0 Å². The second kappa shape index (κ2) is 5.02. The van der Waals surface area contributed by atoms with Crippen molar-refractivity contribution in [1.29, 1.82) is 0 Å². The SMILES string of the molecule is O=C(C1=COCCC1)c1cc(Cl)ccc1Br. The molecule has 0 aliphatic carbocycles. The largest absolute Gasteiger partial charge is 0.501 e. The molecule has 0 bridgehead atoms. The number of hydrogen-bond acceptors (Lipinski definition) is 2. The fraction of sp³-hybridized carbons (Fsp3) is 0.250. The Morgan fingerprint density at radius 1 is 1.44 bits per heavy atom. The van der Waals surface area contributed by atoms with Crippen LogP contribution in [0.5, 0.6) is 0 Å². The van der Waals surface area contributed by atoms with Crippen LogP contribution in [0, 0.1) is 0 Å². The number of ketones is 1. The molecule has 2 nitrogen and oxygen atoms in total. The molecule has 1 aliphatic heterocycles.